The second-order valence-corrected chi connectivity index (χ2v) is 20.4. The first-order valence-corrected chi connectivity index (χ1v) is 27.7. The Labute approximate surface area is 488 Å². The minimum Gasteiger partial charge on any atom is -0.497 e. The summed E-state index contributed by atoms with van der Waals surface area (Å²) in [6.07, 6.45) is -2.29. The molecule has 1 aliphatic rings. The lowest BCUT2D eigenvalue weighted by atomic mass is 9.77. The molecule has 0 radical (unpaired) electrons. The van der Waals surface area contributed by atoms with Crippen molar-refractivity contribution in [1.82, 2.24) is 9.55 Å². The lowest BCUT2D eigenvalue weighted by molar-refractivity contribution is -0.165. The van der Waals surface area contributed by atoms with Gasteiger partial charge in [-0.15, -0.1) is 0 Å². The Balaban J connectivity index is 1.10. The SMILES string of the molecule is COc1ccc(C(Nc2ccn([C@@H]3O[C@](/C=C/Cl)(COC(c4ccccc4)(c4ccccc4)c4ccc(OC)cc4)[C@@H](OC(c4ccccc4)(c4ccccc4)c4ccc(OC)cc4)[C@H]3F)c(=O)n2)(c2ccccc2)c2ccccc2)cc1. The number of anilines is 1. The Kier molecular flexibility index (Phi) is 16.5. The maximum Gasteiger partial charge on any atom is 0.351 e. The average Bonchev–Trinajstić information content (AvgIpc) is 4.12. The Bertz CT molecular complexity index is 3670. The highest BCUT2D eigenvalue weighted by atomic mass is 35.5. The Hall–Kier alpha value is -9.10. The summed E-state index contributed by atoms with van der Waals surface area (Å²) in [5, 5.41) is 3.69. The second kappa shape index (κ2) is 24.5. The Morgan fingerprint density at radius 2 is 0.867 bits per heavy atom. The van der Waals surface area contributed by atoms with E-state index in [0.29, 0.717) is 33.9 Å². The molecule has 1 N–H and O–H groups in total. The molecule has 12 heteroatoms. The number of nitrogens with zero attached hydrogens (tertiary/aromatic N) is 2. The molecule has 0 aliphatic carbocycles. The Morgan fingerprint density at radius 1 is 0.518 bits per heavy atom. The predicted molar refractivity (Wildman–Crippen MR) is 323 cm³/mol. The highest BCUT2D eigenvalue weighted by Crippen LogP contribution is 2.52. The summed E-state index contributed by atoms with van der Waals surface area (Å²) in [4.78, 5) is 19.9. The van der Waals surface area contributed by atoms with Crippen LogP contribution >= 0.6 is 11.6 Å². The molecule has 10 nitrogen and oxygen atoms in total. The number of nitrogens with one attached hydrogen (secondary N) is 1. The first-order valence-electron chi connectivity index (χ1n) is 27.3. The summed E-state index contributed by atoms with van der Waals surface area (Å²) in [6.45, 7) is -0.379. The Morgan fingerprint density at radius 3 is 1.25 bits per heavy atom. The lowest BCUT2D eigenvalue weighted by Gasteiger charge is -2.44. The van der Waals surface area contributed by atoms with Crippen LogP contribution in [0.5, 0.6) is 17.2 Å². The van der Waals surface area contributed by atoms with Gasteiger partial charge in [-0.1, -0.05) is 230 Å². The molecule has 1 fully saturated rings. The molecule has 0 bridgehead atoms. The minimum absolute atomic E-state index is 0.216. The van der Waals surface area contributed by atoms with Crippen LogP contribution in [-0.2, 0) is 31.0 Å². The van der Waals surface area contributed by atoms with Crippen molar-refractivity contribution in [3.8, 4) is 17.2 Å². The normalized spacial score (nSPS) is 17.2. The maximum absolute atomic E-state index is 19.3. The third kappa shape index (κ3) is 10.6. The van der Waals surface area contributed by atoms with E-state index in [4.69, 9.17) is 45.0 Å². The number of rotatable bonds is 21. The molecule has 9 aromatic carbocycles. The molecule has 1 aromatic heterocycles. The van der Waals surface area contributed by atoms with E-state index >= 15 is 9.18 Å². The van der Waals surface area contributed by atoms with Crippen molar-refractivity contribution in [2.45, 2.75) is 40.8 Å². The van der Waals surface area contributed by atoms with Crippen LogP contribution in [-0.4, -0.2) is 55.4 Å². The van der Waals surface area contributed by atoms with Crippen LogP contribution in [0.3, 0.4) is 0 Å². The molecule has 0 saturated carbocycles. The van der Waals surface area contributed by atoms with E-state index in [1.54, 1.807) is 33.5 Å². The van der Waals surface area contributed by atoms with Gasteiger partial charge in [0.25, 0.3) is 0 Å². The van der Waals surface area contributed by atoms with Crippen molar-refractivity contribution in [2.75, 3.05) is 33.3 Å². The maximum atomic E-state index is 19.3. The van der Waals surface area contributed by atoms with Crippen LogP contribution < -0.4 is 25.2 Å². The fraction of sp³-hybridized carbons (Fsp3) is 0.155. The largest absolute Gasteiger partial charge is 0.497 e. The van der Waals surface area contributed by atoms with E-state index in [-0.39, 0.29) is 12.4 Å². The van der Waals surface area contributed by atoms with Crippen molar-refractivity contribution in [1.29, 1.82) is 0 Å². The van der Waals surface area contributed by atoms with Crippen molar-refractivity contribution in [3.63, 3.8) is 0 Å². The van der Waals surface area contributed by atoms with Gasteiger partial charge in [-0.05, 0) is 98.6 Å². The molecule has 0 spiro atoms. The van der Waals surface area contributed by atoms with Crippen LogP contribution in [0.1, 0.15) is 56.3 Å². The van der Waals surface area contributed by atoms with Crippen molar-refractivity contribution in [2.24, 2.45) is 0 Å². The molecule has 2 heterocycles. The summed E-state index contributed by atoms with van der Waals surface area (Å²) >= 11 is 6.83. The highest BCUT2D eigenvalue weighted by molar-refractivity contribution is 6.25. The second-order valence-electron chi connectivity index (χ2n) is 20.1. The summed E-state index contributed by atoms with van der Waals surface area (Å²) in [7, 11) is 4.84. The van der Waals surface area contributed by atoms with Gasteiger partial charge in [-0.25, -0.2) is 9.18 Å². The zero-order valence-corrected chi connectivity index (χ0v) is 46.8. The number of alkyl halides is 1. The van der Waals surface area contributed by atoms with Crippen LogP contribution in [0, 0.1) is 0 Å². The number of benzene rings is 9. The molecule has 1 aliphatic heterocycles. The molecule has 1 saturated heterocycles. The molecule has 0 unspecified atom stereocenters. The van der Waals surface area contributed by atoms with Gasteiger partial charge >= 0.3 is 5.69 Å². The lowest BCUT2D eigenvalue weighted by Crippen LogP contribution is -2.52. The molecule has 0 amide bonds. The topological polar surface area (TPSA) is 102 Å². The van der Waals surface area contributed by atoms with Gasteiger partial charge in [0.1, 0.15) is 51.5 Å². The molecule has 11 rings (SSSR count). The van der Waals surface area contributed by atoms with Gasteiger partial charge in [0.05, 0.1) is 27.9 Å². The summed E-state index contributed by atoms with van der Waals surface area (Å²) in [6, 6.07) is 83.3. The monoisotopic (exact) mass is 1120 g/mol. The van der Waals surface area contributed by atoms with E-state index in [0.717, 1.165) is 33.4 Å². The van der Waals surface area contributed by atoms with Crippen LogP contribution in [0.4, 0.5) is 10.2 Å². The van der Waals surface area contributed by atoms with Crippen molar-refractivity contribution >= 4 is 17.4 Å². The number of aromatic nitrogens is 2. The van der Waals surface area contributed by atoms with Crippen LogP contribution in [0.15, 0.2) is 283 Å². The average molecular weight is 1120 g/mol. The molecular weight excluding hydrogens is 1060 g/mol. The van der Waals surface area contributed by atoms with E-state index in [1.165, 1.54) is 16.3 Å². The van der Waals surface area contributed by atoms with Crippen molar-refractivity contribution in [3.05, 3.63) is 339 Å². The first kappa shape index (κ1) is 55.8. The van der Waals surface area contributed by atoms with E-state index < -0.39 is 46.5 Å². The third-order valence-corrected chi connectivity index (χ3v) is 15.7. The van der Waals surface area contributed by atoms with Gasteiger partial charge in [0, 0.05) is 11.7 Å². The number of hydrogen-bond acceptors (Lipinski definition) is 9. The van der Waals surface area contributed by atoms with E-state index in [1.807, 2.05) is 255 Å². The standard InChI is InChI=1S/C71H61ClFN3O7/c1-78-60-40-34-53(35-41-60)69(51-22-10-4-11-23-51,52-24-12-5-13-25-52)75-63-46-49-76(67(77)74-63)66-64(73)65(82-71(56-30-18-8-19-31-56,57-32-20-9-21-33-57)59-38-44-62(80-3)45-39-59)68(83-66,47-48-72)50-81-70(54-26-14-6-15-27-54,55-28-16-7-17-29-55)58-36-42-61(79-2)43-37-58/h4-49,64-66H,50H2,1-3H3,(H,74,75,77)/b48-47+/t64-,65+,66-,68-/m1/s1. The van der Waals surface area contributed by atoms with Crippen molar-refractivity contribution < 1.29 is 32.8 Å². The zero-order valence-electron chi connectivity index (χ0n) is 46.0. The van der Waals surface area contributed by atoms with Gasteiger partial charge in [0.2, 0.25) is 0 Å². The van der Waals surface area contributed by atoms with Gasteiger partial charge in [0.15, 0.2) is 12.4 Å². The molecule has 83 heavy (non-hydrogen) atoms. The predicted octanol–water partition coefficient (Wildman–Crippen LogP) is 14.4. The molecule has 4 atom stereocenters. The van der Waals surface area contributed by atoms with Crippen LogP contribution in [0.25, 0.3) is 0 Å². The molecule has 416 valence electrons. The quantitative estimate of drug-likeness (QED) is 0.0705. The summed E-state index contributed by atoms with van der Waals surface area (Å²) in [5.41, 5.74) is 1.47. The third-order valence-electron chi connectivity index (χ3n) is 15.6. The smallest absolute Gasteiger partial charge is 0.351 e. The fourth-order valence-electron chi connectivity index (χ4n) is 11.6. The van der Waals surface area contributed by atoms with Gasteiger partial charge < -0.3 is 33.7 Å². The first-order chi connectivity index (χ1) is 40.7. The number of hydrogen-bond donors (Lipinski definition) is 1. The molecule has 10 aromatic rings. The van der Waals surface area contributed by atoms with Crippen LogP contribution in [0.2, 0.25) is 0 Å². The van der Waals surface area contributed by atoms with Gasteiger partial charge in [-0.2, -0.15) is 4.98 Å². The van der Waals surface area contributed by atoms with Gasteiger partial charge in [-0.3, -0.25) is 4.57 Å². The number of halogens is 2. The summed E-state index contributed by atoms with van der Waals surface area (Å²) in [5.74, 6) is 2.15. The number of ether oxygens (including phenoxy) is 6. The minimum atomic E-state index is -2.11. The van der Waals surface area contributed by atoms with E-state index in [2.05, 4.69) is 5.32 Å². The highest BCUT2D eigenvalue weighted by Gasteiger charge is 2.61. The summed E-state index contributed by atoms with van der Waals surface area (Å²) < 4.78 is 59.9. The van der Waals surface area contributed by atoms with E-state index in [9.17, 15) is 0 Å². The zero-order chi connectivity index (χ0) is 57.3. The number of methoxy groups -OCH3 is 3. The fourth-order valence-corrected chi connectivity index (χ4v) is 11.8. The molecular formula is C71H61ClFN3O7.